The molecule has 1 aliphatic heterocycles. The second-order valence-corrected chi connectivity index (χ2v) is 4.84. The molecule has 14 heavy (non-hydrogen) atoms. The molecule has 2 rings (SSSR count). The Kier molecular flexibility index (Phi) is 3.60. The minimum atomic E-state index is 0.348. The van der Waals surface area contributed by atoms with E-state index < -0.39 is 0 Å². The third-order valence-electron chi connectivity index (χ3n) is 2.24. The summed E-state index contributed by atoms with van der Waals surface area (Å²) in [6.07, 6.45) is 1.39. The number of halogens is 1. The fourth-order valence-electron chi connectivity index (χ4n) is 1.62. The SMILES string of the molecule is ClCCSCC1Cc2ccccc2O1. The average molecular weight is 229 g/mol. The Morgan fingerprint density at radius 3 is 3.07 bits per heavy atom. The van der Waals surface area contributed by atoms with Crippen molar-refractivity contribution in [1.29, 1.82) is 0 Å². The first-order chi connectivity index (χ1) is 6.90. The highest BCUT2D eigenvalue weighted by Gasteiger charge is 2.21. The molecule has 0 fully saturated rings. The molecule has 0 saturated carbocycles. The van der Waals surface area contributed by atoms with Gasteiger partial charge < -0.3 is 4.74 Å². The fourth-order valence-corrected chi connectivity index (χ4v) is 2.67. The Hall–Kier alpha value is -0.340. The summed E-state index contributed by atoms with van der Waals surface area (Å²) < 4.78 is 5.79. The number of thioether (sulfide) groups is 1. The van der Waals surface area contributed by atoms with Gasteiger partial charge in [-0.3, -0.25) is 0 Å². The number of hydrogen-bond donors (Lipinski definition) is 0. The topological polar surface area (TPSA) is 9.23 Å². The molecule has 1 aromatic carbocycles. The van der Waals surface area contributed by atoms with Crippen LogP contribution in [0.5, 0.6) is 5.75 Å². The summed E-state index contributed by atoms with van der Waals surface area (Å²) in [6.45, 7) is 0. The molecule has 1 atom stereocenters. The average Bonchev–Trinajstić information content (AvgIpc) is 2.60. The maximum atomic E-state index is 5.79. The first-order valence-electron chi connectivity index (χ1n) is 4.78. The van der Waals surface area contributed by atoms with Crippen LogP contribution in [0.15, 0.2) is 24.3 Å². The van der Waals surface area contributed by atoms with Crippen LogP contribution in [0.2, 0.25) is 0 Å². The van der Waals surface area contributed by atoms with E-state index in [1.54, 1.807) is 0 Å². The van der Waals surface area contributed by atoms with E-state index in [2.05, 4.69) is 12.1 Å². The normalized spacial score (nSPS) is 19.1. The Morgan fingerprint density at radius 1 is 1.43 bits per heavy atom. The van der Waals surface area contributed by atoms with Gasteiger partial charge in [-0.05, 0) is 11.6 Å². The Balaban J connectivity index is 1.86. The van der Waals surface area contributed by atoms with Gasteiger partial charge in [-0.1, -0.05) is 18.2 Å². The van der Waals surface area contributed by atoms with E-state index in [4.69, 9.17) is 16.3 Å². The summed E-state index contributed by atoms with van der Waals surface area (Å²) in [4.78, 5) is 0. The molecule has 0 N–H and O–H groups in total. The van der Waals surface area contributed by atoms with Gasteiger partial charge >= 0.3 is 0 Å². The number of ether oxygens (including phenoxy) is 1. The monoisotopic (exact) mass is 228 g/mol. The zero-order valence-electron chi connectivity index (χ0n) is 7.91. The van der Waals surface area contributed by atoms with Crippen molar-refractivity contribution in [2.75, 3.05) is 17.4 Å². The van der Waals surface area contributed by atoms with Crippen LogP contribution in [-0.2, 0) is 6.42 Å². The molecule has 0 bridgehead atoms. The zero-order valence-corrected chi connectivity index (χ0v) is 9.48. The lowest BCUT2D eigenvalue weighted by molar-refractivity contribution is 0.259. The number of alkyl halides is 1. The van der Waals surface area contributed by atoms with Gasteiger partial charge in [-0.2, -0.15) is 11.8 Å². The lowest BCUT2D eigenvalue weighted by Gasteiger charge is -2.08. The van der Waals surface area contributed by atoms with Crippen molar-refractivity contribution in [3.63, 3.8) is 0 Å². The number of benzene rings is 1. The predicted molar refractivity (Wildman–Crippen MR) is 62.6 cm³/mol. The molecular weight excluding hydrogens is 216 g/mol. The van der Waals surface area contributed by atoms with Gasteiger partial charge in [-0.25, -0.2) is 0 Å². The summed E-state index contributed by atoms with van der Waals surface area (Å²) in [7, 11) is 0. The second kappa shape index (κ2) is 4.94. The largest absolute Gasteiger partial charge is 0.489 e. The molecule has 1 heterocycles. The van der Waals surface area contributed by atoms with Gasteiger partial charge in [0.05, 0.1) is 0 Å². The van der Waals surface area contributed by atoms with Gasteiger partial charge in [0, 0.05) is 23.8 Å². The number of fused-ring (bicyclic) bond motifs is 1. The van der Waals surface area contributed by atoms with E-state index in [-0.39, 0.29) is 0 Å². The van der Waals surface area contributed by atoms with Crippen molar-refractivity contribution in [3.8, 4) is 5.75 Å². The van der Waals surface area contributed by atoms with Gasteiger partial charge in [0.1, 0.15) is 11.9 Å². The Morgan fingerprint density at radius 2 is 2.29 bits per heavy atom. The van der Waals surface area contributed by atoms with Crippen LogP contribution in [0.4, 0.5) is 0 Å². The summed E-state index contributed by atoms with van der Waals surface area (Å²) in [5.74, 6) is 3.84. The Labute approximate surface area is 93.8 Å². The van der Waals surface area contributed by atoms with Crippen molar-refractivity contribution in [1.82, 2.24) is 0 Å². The molecule has 0 amide bonds. The molecule has 1 nitrogen and oxygen atoms in total. The Bertz CT molecular complexity index is 278. The molecule has 1 aliphatic rings. The number of hydrogen-bond acceptors (Lipinski definition) is 2. The lowest BCUT2D eigenvalue weighted by Crippen LogP contribution is -2.16. The van der Waals surface area contributed by atoms with Crippen LogP contribution in [0, 0.1) is 0 Å². The summed E-state index contributed by atoms with van der Waals surface area (Å²) >= 11 is 7.48. The maximum Gasteiger partial charge on any atom is 0.123 e. The molecule has 0 aromatic heterocycles. The molecule has 0 spiro atoms. The summed E-state index contributed by atoms with van der Waals surface area (Å²) in [5.41, 5.74) is 1.34. The molecule has 0 aliphatic carbocycles. The highest BCUT2D eigenvalue weighted by molar-refractivity contribution is 7.99. The van der Waals surface area contributed by atoms with E-state index in [9.17, 15) is 0 Å². The van der Waals surface area contributed by atoms with Crippen molar-refractivity contribution in [3.05, 3.63) is 29.8 Å². The van der Waals surface area contributed by atoms with Crippen LogP contribution < -0.4 is 4.74 Å². The van der Waals surface area contributed by atoms with Crippen LogP contribution in [0.1, 0.15) is 5.56 Å². The van der Waals surface area contributed by atoms with Crippen LogP contribution in [0.3, 0.4) is 0 Å². The summed E-state index contributed by atoms with van der Waals surface area (Å²) in [6, 6.07) is 8.27. The molecule has 0 saturated heterocycles. The smallest absolute Gasteiger partial charge is 0.123 e. The van der Waals surface area contributed by atoms with E-state index in [1.165, 1.54) is 5.56 Å². The van der Waals surface area contributed by atoms with Gasteiger partial charge in [0.2, 0.25) is 0 Å². The highest BCUT2D eigenvalue weighted by Crippen LogP contribution is 2.29. The first kappa shape index (κ1) is 10.2. The second-order valence-electron chi connectivity index (χ2n) is 3.32. The van der Waals surface area contributed by atoms with Crippen LogP contribution >= 0.6 is 23.4 Å². The van der Waals surface area contributed by atoms with Crippen molar-refractivity contribution in [2.24, 2.45) is 0 Å². The minimum absolute atomic E-state index is 0.348. The van der Waals surface area contributed by atoms with E-state index in [0.29, 0.717) is 6.10 Å². The molecule has 76 valence electrons. The molecular formula is C11H13ClOS. The highest BCUT2D eigenvalue weighted by atomic mass is 35.5. The third kappa shape index (κ3) is 2.37. The van der Waals surface area contributed by atoms with Crippen LogP contribution in [0.25, 0.3) is 0 Å². The van der Waals surface area contributed by atoms with Gasteiger partial charge in [0.15, 0.2) is 0 Å². The maximum absolute atomic E-state index is 5.79. The summed E-state index contributed by atoms with van der Waals surface area (Å²) in [5, 5.41) is 0. The molecule has 3 heteroatoms. The third-order valence-corrected chi connectivity index (χ3v) is 3.75. The molecule has 1 aromatic rings. The number of para-hydroxylation sites is 1. The van der Waals surface area contributed by atoms with Crippen molar-refractivity contribution in [2.45, 2.75) is 12.5 Å². The minimum Gasteiger partial charge on any atom is -0.489 e. The lowest BCUT2D eigenvalue weighted by atomic mass is 10.1. The van der Waals surface area contributed by atoms with E-state index in [1.807, 2.05) is 23.9 Å². The first-order valence-corrected chi connectivity index (χ1v) is 6.47. The molecule has 0 radical (unpaired) electrons. The van der Waals surface area contributed by atoms with Crippen LogP contribution in [-0.4, -0.2) is 23.5 Å². The predicted octanol–water partition coefficient (Wildman–Crippen LogP) is 2.96. The fraction of sp³-hybridized carbons (Fsp3) is 0.455. The quantitative estimate of drug-likeness (QED) is 0.579. The van der Waals surface area contributed by atoms with Crippen molar-refractivity contribution >= 4 is 23.4 Å². The standard InChI is InChI=1S/C11H13ClOS/c12-5-6-14-8-10-7-9-3-1-2-4-11(9)13-10/h1-4,10H,5-8H2. The zero-order chi connectivity index (χ0) is 9.80. The molecule has 1 unspecified atom stereocenters. The van der Waals surface area contributed by atoms with E-state index >= 15 is 0 Å². The van der Waals surface area contributed by atoms with E-state index in [0.717, 1.165) is 29.6 Å². The van der Waals surface area contributed by atoms with Crippen molar-refractivity contribution < 1.29 is 4.74 Å². The van der Waals surface area contributed by atoms with Gasteiger partial charge in [0.25, 0.3) is 0 Å². The number of rotatable bonds is 4. The van der Waals surface area contributed by atoms with Gasteiger partial charge in [-0.15, -0.1) is 11.6 Å².